The lowest BCUT2D eigenvalue weighted by Crippen LogP contribution is -1.99. The molecule has 7 heteroatoms. The van der Waals surface area contributed by atoms with Gasteiger partial charge in [0.15, 0.2) is 5.78 Å². The maximum atomic E-state index is 12.4. The average Bonchev–Trinajstić information content (AvgIpc) is 2.78. The van der Waals surface area contributed by atoms with E-state index in [-0.39, 0.29) is 5.78 Å². The summed E-state index contributed by atoms with van der Waals surface area (Å²) in [6, 6.07) is 17.5. The van der Waals surface area contributed by atoms with Gasteiger partial charge in [0, 0.05) is 39.5 Å². The molecule has 0 radical (unpaired) electrons. The molecule has 3 rings (SSSR count). The summed E-state index contributed by atoms with van der Waals surface area (Å²) in [4.78, 5) is 12.4. The lowest BCUT2D eigenvalue weighted by atomic mass is 10.1. The average molecular weight is 458 g/mol. The predicted octanol–water partition coefficient (Wildman–Crippen LogP) is 6.40. The highest BCUT2D eigenvalue weighted by Gasteiger charge is 2.06. The number of anilines is 1. The van der Waals surface area contributed by atoms with Crippen molar-refractivity contribution in [2.45, 2.75) is 6.61 Å². The minimum Gasteiger partial charge on any atom is -0.497 e. The molecule has 0 saturated heterocycles. The third-order valence-electron chi connectivity index (χ3n) is 4.43. The molecule has 0 heterocycles. The molecule has 0 atom stereocenters. The molecule has 31 heavy (non-hydrogen) atoms. The van der Waals surface area contributed by atoms with Crippen molar-refractivity contribution in [3.8, 4) is 17.2 Å². The van der Waals surface area contributed by atoms with Gasteiger partial charge in [-0.3, -0.25) is 4.79 Å². The molecule has 3 aromatic rings. The number of allylic oxidation sites excluding steroid dienone is 1. The zero-order chi connectivity index (χ0) is 22.2. The molecule has 3 aromatic carbocycles. The lowest BCUT2D eigenvalue weighted by molar-refractivity contribution is 0.104. The summed E-state index contributed by atoms with van der Waals surface area (Å²) in [7, 11) is 3.16. The molecule has 0 spiro atoms. The van der Waals surface area contributed by atoms with E-state index in [1.165, 1.54) is 6.08 Å². The van der Waals surface area contributed by atoms with Gasteiger partial charge in [0.2, 0.25) is 0 Å². The molecule has 0 amide bonds. The Bertz CT molecular complexity index is 1080. The van der Waals surface area contributed by atoms with Crippen LogP contribution >= 0.6 is 23.2 Å². The molecule has 0 aliphatic rings. The summed E-state index contributed by atoms with van der Waals surface area (Å²) in [5.41, 5.74) is 2.05. The van der Waals surface area contributed by atoms with Crippen molar-refractivity contribution in [1.82, 2.24) is 0 Å². The molecular formula is C24H21Cl2NO4. The van der Waals surface area contributed by atoms with Crippen LogP contribution in [-0.4, -0.2) is 20.0 Å². The molecule has 0 aromatic heterocycles. The molecule has 0 aliphatic heterocycles. The van der Waals surface area contributed by atoms with Gasteiger partial charge in [-0.1, -0.05) is 29.3 Å². The maximum Gasteiger partial charge on any atom is 0.187 e. The summed E-state index contributed by atoms with van der Waals surface area (Å²) in [5, 5.41) is 4.16. The van der Waals surface area contributed by atoms with E-state index in [0.717, 1.165) is 5.56 Å². The Balaban J connectivity index is 1.59. The van der Waals surface area contributed by atoms with Gasteiger partial charge in [-0.2, -0.15) is 0 Å². The van der Waals surface area contributed by atoms with Gasteiger partial charge in [0.25, 0.3) is 0 Å². The first-order chi connectivity index (χ1) is 15.0. The number of halogens is 2. The highest BCUT2D eigenvalue weighted by Crippen LogP contribution is 2.29. The molecule has 0 fully saturated rings. The van der Waals surface area contributed by atoms with Crippen LogP contribution in [-0.2, 0) is 6.61 Å². The number of ketones is 1. The van der Waals surface area contributed by atoms with Crippen LogP contribution < -0.4 is 19.5 Å². The van der Waals surface area contributed by atoms with E-state index in [0.29, 0.717) is 45.2 Å². The second kappa shape index (κ2) is 10.8. The summed E-state index contributed by atoms with van der Waals surface area (Å²) in [6.07, 6.45) is 3.01. The van der Waals surface area contributed by atoms with Gasteiger partial charge in [-0.15, -0.1) is 0 Å². The number of methoxy groups -OCH3 is 2. The number of rotatable bonds is 9. The molecular weight excluding hydrogens is 437 g/mol. The van der Waals surface area contributed by atoms with Crippen LogP contribution in [0.15, 0.2) is 72.9 Å². The van der Waals surface area contributed by atoms with E-state index < -0.39 is 0 Å². The van der Waals surface area contributed by atoms with Crippen molar-refractivity contribution < 1.29 is 19.0 Å². The molecule has 0 unspecified atom stereocenters. The fourth-order valence-electron chi connectivity index (χ4n) is 2.75. The Kier molecular flexibility index (Phi) is 7.82. The zero-order valence-electron chi connectivity index (χ0n) is 17.0. The maximum absolute atomic E-state index is 12.4. The van der Waals surface area contributed by atoms with Gasteiger partial charge < -0.3 is 19.5 Å². The zero-order valence-corrected chi connectivity index (χ0v) is 18.5. The number of nitrogens with one attached hydrogen (secondary N) is 1. The molecule has 0 aliphatic carbocycles. The SMILES string of the molecule is COc1ccc(OC)c(NC=CC(=O)c2ccc(OCc3ccc(Cl)cc3Cl)cc2)c1. The second-order valence-corrected chi connectivity index (χ2v) is 7.30. The molecule has 160 valence electrons. The Morgan fingerprint density at radius 2 is 1.68 bits per heavy atom. The predicted molar refractivity (Wildman–Crippen MR) is 124 cm³/mol. The van der Waals surface area contributed by atoms with Gasteiger partial charge in [-0.25, -0.2) is 0 Å². The van der Waals surface area contributed by atoms with E-state index in [9.17, 15) is 4.79 Å². The van der Waals surface area contributed by atoms with Gasteiger partial charge in [-0.05, 0) is 48.5 Å². The van der Waals surface area contributed by atoms with Crippen molar-refractivity contribution in [1.29, 1.82) is 0 Å². The van der Waals surface area contributed by atoms with Crippen LogP contribution in [0.4, 0.5) is 5.69 Å². The number of carbonyl (C=O) groups is 1. The lowest BCUT2D eigenvalue weighted by Gasteiger charge is -2.10. The van der Waals surface area contributed by atoms with Crippen molar-refractivity contribution in [3.63, 3.8) is 0 Å². The van der Waals surface area contributed by atoms with Crippen molar-refractivity contribution in [2.24, 2.45) is 0 Å². The third kappa shape index (κ3) is 6.17. The quantitative estimate of drug-likeness (QED) is 0.297. The van der Waals surface area contributed by atoms with Crippen molar-refractivity contribution >= 4 is 34.7 Å². The van der Waals surface area contributed by atoms with Crippen LogP contribution in [0.25, 0.3) is 0 Å². The van der Waals surface area contributed by atoms with Gasteiger partial charge in [0.05, 0.1) is 19.9 Å². The summed E-state index contributed by atoms with van der Waals surface area (Å²) in [6.45, 7) is 0.301. The summed E-state index contributed by atoms with van der Waals surface area (Å²) >= 11 is 12.1. The van der Waals surface area contributed by atoms with Crippen LogP contribution in [0.3, 0.4) is 0 Å². The largest absolute Gasteiger partial charge is 0.497 e. The Hall–Kier alpha value is -3.15. The van der Waals surface area contributed by atoms with Crippen LogP contribution in [0.2, 0.25) is 10.0 Å². The first-order valence-electron chi connectivity index (χ1n) is 9.36. The number of ether oxygens (including phenoxy) is 3. The Labute approximate surface area is 191 Å². The minimum atomic E-state index is -0.151. The monoisotopic (exact) mass is 457 g/mol. The number of carbonyl (C=O) groups excluding carboxylic acids is 1. The van der Waals surface area contributed by atoms with Crippen LogP contribution in [0.5, 0.6) is 17.2 Å². The number of benzene rings is 3. The van der Waals surface area contributed by atoms with E-state index in [2.05, 4.69) is 5.32 Å². The fraction of sp³-hybridized carbons (Fsp3) is 0.125. The van der Waals surface area contributed by atoms with E-state index in [4.69, 9.17) is 37.4 Å². The van der Waals surface area contributed by atoms with E-state index >= 15 is 0 Å². The highest BCUT2D eigenvalue weighted by molar-refractivity contribution is 6.35. The smallest absolute Gasteiger partial charge is 0.187 e. The van der Waals surface area contributed by atoms with Crippen LogP contribution in [0, 0.1) is 0 Å². The van der Waals surface area contributed by atoms with E-state index in [1.807, 2.05) is 6.07 Å². The summed E-state index contributed by atoms with van der Waals surface area (Å²) in [5.74, 6) is 1.80. The van der Waals surface area contributed by atoms with Crippen LogP contribution in [0.1, 0.15) is 15.9 Å². The van der Waals surface area contributed by atoms with E-state index in [1.54, 1.807) is 75.0 Å². The standard InChI is InChI=1S/C24H21Cl2NO4/c1-29-20-9-10-24(30-2)22(14-20)27-12-11-23(28)16-4-7-19(8-5-16)31-15-17-3-6-18(25)13-21(17)26/h3-14,27H,15H2,1-2H3. The molecule has 0 saturated carbocycles. The molecule has 5 nitrogen and oxygen atoms in total. The number of hydrogen-bond donors (Lipinski definition) is 1. The highest BCUT2D eigenvalue weighted by atomic mass is 35.5. The number of hydrogen-bond acceptors (Lipinski definition) is 5. The van der Waals surface area contributed by atoms with Crippen molar-refractivity contribution in [2.75, 3.05) is 19.5 Å². The fourth-order valence-corrected chi connectivity index (χ4v) is 3.21. The molecule has 1 N–H and O–H groups in total. The normalized spacial score (nSPS) is 10.7. The first-order valence-corrected chi connectivity index (χ1v) is 10.1. The Morgan fingerprint density at radius 3 is 2.35 bits per heavy atom. The van der Waals surface area contributed by atoms with Crippen molar-refractivity contribution in [3.05, 3.63) is 94.1 Å². The topological polar surface area (TPSA) is 56.8 Å². The molecule has 0 bridgehead atoms. The van der Waals surface area contributed by atoms with Gasteiger partial charge in [0.1, 0.15) is 23.9 Å². The minimum absolute atomic E-state index is 0.151. The first kappa shape index (κ1) is 22.5. The summed E-state index contributed by atoms with van der Waals surface area (Å²) < 4.78 is 16.3. The van der Waals surface area contributed by atoms with Gasteiger partial charge >= 0.3 is 0 Å². The third-order valence-corrected chi connectivity index (χ3v) is 5.02. The Morgan fingerprint density at radius 1 is 0.935 bits per heavy atom. The second-order valence-electron chi connectivity index (χ2n) is 6.46.